The molecule has 1 saturated carbocycles. The predicted molar refractivity (Wildman–Crippen MR) is 122 cm³/mol. The Morgan fingerprint density at radius 1 is 1.05 bits per heavy atom. The van der Waals surface area contributed by atoms with Crippen molar-refractivity contribution in [2.75, 3.05) is 13.7 Å². The van der Waals surface area contributed by atoms with E-state index in [0.29, 0.717) is 16.9 Å². The molecule has 0 aromatic heterocycles. The van der Waals surface area contributed by atoms with Crippen molar-refractivity contribution < 1.29 is 40.6 Å². The van der Waals surface area contributed by atoms with E-state index in [1.165, 1.54) is 19.2 Å². The normalized spacial score (nSPS) is 18.0. The van der Waals surface area contributed by atoms with Gasteiger partial charge in [-0.05, 0) is 48.2 Å². The molecule has 2 atom stereocenters. The van der Waals surface area contributed by atoms with Crippen LogP contribution in [0, 0.1) is 17.2 Å². The number of nitrogens with zero attached hydrogens (tertiary/aromatic N) is 1. The molecule has 1 fully saturated rings. The quantitative estimate of drug-likeness (QED) is 0.291. The molecule has 0 heterocycles. The number of methoxy groups -OCH3 is 1. The van der Waals surface area contributed by atoms with Crippen LogP contribution in [0.15, 0.2) is 54.1 Å². The van der Waals surface area contributed by atoms with Gasteiger partial charge in [0.05, 0.1) is 19.8 Å². The molecule has 0 aliphatic heterocycles. The number of halogens is 6. The fraction of sp³-hybridized carbons (Fsp3) is 0.385. The number of carbonyl (C=O) groups is 1. The fourth-order valence-electron chi connectivity index (χ4n) is 4.09. The number of nitriles is 1. The Hall–Kier alpha value is -3.68. The summed E-state index contributed by atoms with van der Waals surface area (Å²) in [6, 6.07) is 13.0. The van der Waals surface area contributed by atoms with Crippen LogP contribution in [0.3, 0.4) is 0 Å². The van der Waals surface area contributed by atoms with Gasteiger partial charge in [0, 0.05) is 12.3 Å². The van der Waals surface area contributed by atoms with Gasteiger partial charge in [-0.15, -0.1) is 0 Å². The zero-order chi connectivity index (χ0) is 27.3. The highest BCUT2D eigenvalue weighted by Crippen LogP contribution is 2.58. The van der Waals surface area contributed by atoms with Crippen molar-refractivity contribution in [1.82, 2.24) is 5.32 Å². The standard InChI is InChI=1S/C26H24F6N2O3/c1-36-20-7-3-17(4-8-20)15-18-16-22(18)25(26(30,31)32,34-23(35)11-13-33)19-5-9-21(10-6-19)37-14-2-12-24(27,28)29/h3-10,15,22H,2,11-12,14,16H2,1H3,(H,34,35). The van der Waals surface area contributed by atoms with E-state index in [-0.39, 0.29) is 30.8 Å². The first-order valence-corrected chi connectivity index (χ1v) is 11.3. The van der Waals surface area contributed by atoms with Gasteiger partial charge in [-0.1, -0.05) is 35.9 Å². The minimum Gasteiger partial charge on any atom is -0.497 e. The van der Waals surface area contributed by atoms with Crippen molar-refractivity contribution >= 4 is 12.0 Å². The monoisotopic (exact) mass is 526 g/mol. The summed E-state index contributed by atoms with van der Waals surface area (Å²) < 4.78 is 91.4. The Labute approximate surface area is 209 Å². The fourth-order valence-corrected chi connectivity index (χ4v) is 4.09. The Morgan fingerprint density at radius 3 is 2.22 bits per heavy atom. The Balaban J connectivity index is 1.91. The molecule has 0 saturated heterocycles. The smallest absolute Gasteiger partial charge is 0.416 e. The lowest BCUT2D eigenvalue weighted by Gasteiger charge is -2.37. The number of hydrogen-bond acceptors (Lipinski definition) is 4. The average molecular weight is 526 g/mol. The molecule has 1 aliphatic carbocycles. The molecular weight excluding hydrogens is 502 g/mol. The molecule has 0 bridgehead atoms. The molecule has 5 nitrogen and oxygen atoms in total. The van der Waals surface area contributed by atoms with E-state index in [2.05, 4.69) is 5.32 Å². The van der Waals surface area contributed by atoms with Gasteiger partial charge in [-0.3, -0.25) is 4.79 Å². The minimum absolute atomic E-state index is 0.0497. The first-order valence-electron chi connectivity index (χ1n) is 11.3. The summed E-state index contributed by atoms with van der Waals surface area (Å²) in [7, 11) is 1.49. The number of nitrogens with one attached hydrogen (secondary N) is 1. The molecule has 2 aromatic rings. The largest absolute Gasteiger partial charge is 0.497 e. The molecule has 2 unspecified atom stereocenters. The Kier molecular flexibility index (Phi) is 8.41. The molecule has 11 heteroatoms. The molecular formula is C26H24F6N2O3. The van der Waals surface area contributed by atoms with Crippen LogP contribution < -0.4 is 14.8 Å². The number of carbonyl (C=O) groups excluding carboxylic acids is 1. The number of alkyl halides is 6. The molecule has 2 aromatic carbocycles. The number of amides is 1. The highest BCUT2D eigenvalue weighted by molar-refractivity contribution is 5.80. The maximum Gasteiger partial charge on any atom is 0.416 e. The maximum atomic E-state index is 14.7. The first-order chi connectivity index (χ1) is 17.4. The third-order valence-electron chi connectivity index (χ3n) is 5.92. The summed E-state index contributed by atoms with van der Waals surface area (Å²) in [5, 5.41) is 10.9. The maximum absolute atomic E-state index is 14.7. The van der Waals surface area contributed by atoms with Crippen molar-refractivity contribution in [3.8, 4) is 17.6 Å². The molecule has 37 heavy (non-hydrogen) atoms. The van der Waals surface area contributed by atoms with Gasteiger partial charge in [-0.25, -0.2) is 0 Å². The SMILES string of the molecule is COc1ccc(C=C2CC2C(NC(=O)CC#N)(c2ccc(OCCCC(F)(F)F)cc2)C(F)(F)F)cc1. The van der Waals surface area contributed by atoms with E-state index >= 15 is 0 Å². The van der Waals surface area contributed by atoms with Crippen LogP contribution >= 0.6 is 0 Å². The van der Waals surface area contributed by atoms with Crippen LogP contribution in [-0.4, -0.2) is 32.0 Å². The number of hydrogen-bond donors (Lipinski definition) is 1. The van der Waals surface area contributed by atoms with Crippen molar-refractivity contribution in [3.63, 3.8) is 0 Å². The van der Waals surface area contributed by atoms with Gasteiger partial charge in [0.15, 0.2) is 5.54 Å². The molecule has 3 rings (SSSR count). The molecule has 1 N–H and O–H groups in total. The van der Waals surface area contributed by atoms with Gasteiger partial charge in [-0.2, -0.15) is 31.6 Å². The lowest BCUT2D eigenvalue weighted by atomic mass is 9.83. The number of rotatable bonds is 10. The second-order valence-corrected chi connectivity index (χ2v) is 8.53. The van der Waals surface area contributed by atoms with E-state index in [9.17, 15) is 31.1 Å². The van der Waals surface area contributed by atoms with Gasteiger partial charge in [0.25, 0.3) is 0 Å². The minimum atomic E-state index is -4.94. The first kappa shape index (κ1) is 27.9. The van der Waals surface area contributed by atoms with Crippen molar-refractivity contribution in [2.24, 2.45) is 5.92 Å². The van der Waals surface area contributed by atoms with Crippen LogP contribution in [0.2, 0.25) is 0 Å². The highest BCUT2D eigenvalue weighted by atomic mass is 19.4. The second-order valence-electron chi connectivity index (χ2n) is 8.53. The summed E-state index contributed by atoms with van der Waals surface area (Å²) in [4.78, 5) is 12.3. The molecule has 0 radical (unpaired) electrons. The summed E-state index contributed by atoms with van der Waals surface area (Å²) >= 11 is 0. The van der Waals surface area contributed by atoms with E-state index in [1.54, 1.807) is 36.4 Å². The topological polar surface area (TPSA) is 71.3 Å². The lowest BCUT2D eigenvalue weighted by Crippen LogP contribution is -2.57. The van der Waals surface area contributed by atoms with E-state index in [1.807, 2.05) is 0 Å². The van der Waals surface area contributed by atoms with Crippen LogP contribution in [0.25, 0.3) is 6.08 Å². The van der Waals surface area contributed by atoms with E-state index in [0.717, 1.165) is 12.1 Å². The Bertz CT molecular complexity index is 1150. The number of benzene rings is 2. The summed E-state index contributed by atoms with van der Waals surface area (Å²) in [5.74, 6) is -1.53. The van der Waals surface area contributed by atoms with Crippen LogP contribution in [0.4, 0.5) is 26.3 Å². The molecule has 1 amide bonds. The second kappa shape index (κ2) is 11.2. The lowest BCUT2D eigenvalue weighted by molar-refractivity contribution is -0.208. The van der Waals surface area contributed by atoms with Gasteiger partial charge in [0.2, 0.25) is 5.91 Å². The molecule has 1 aliphatic rings. The van der Waals surface area contributed by atoms with Crippen molar-refractivity contribution in [2.45, 2.75) is 43.6 Å². The van der Waals surface area contributed by atoms with Gasteiger partial charge in [0.1, 0.15) is 17.9 Å². The number of ether oxygens (including phenoxy) is 2. The average Bonchev–Trinajstić information content (AvgIpc) is 3.59. The van der Waals surface area contributed by atoms with Gasteiger partial charge >= 0.3 is 12.4 Å². The Morgan fingerprint density at radius 2 is 1.68 bits per heavy atom. The third-order valence-corrected chi connectivity index (χ3v) is 5.92. The predicted octanol–water partition coefficient (Wildman–Crippen LogP) is 6.31. The summed E-state index contributed by atoms with van der Waals surface area (Å²) in [6.07, 6.45) is -9.72. The zero-order valence-corrected chi connectivity index (χ0v) is 19.7. The van der Waals surface area contributed by atoms with Crippen LogP contribution in [0.1, 0.15) is 36.8 Å². The molecule has 198 valence electrons. The zero-order valence-electron chi connectivity index (χ0n) is 19.7. The van der Waals surface area contributed by atoms with E-state index < -0.39 is 42.6 Å². The highest BCUT2D eigenvalue weighted by Gasteiger charge is 2.66. The van der Waals surface area contributed by atoms with Crippen LogP contribution in [0.5, 0.6) is 11.5 Å². The van der Waals surface area contributed by atoms with Crippen molar-refractivity contribution in [3.05, 3.63) is 65.2 Å². The van der Waals surface area contributed by atoms with Crippen molar-refractivity contribution in [1.29, 1.82) is 5.26 Å². The van der Waals surface area contributed by atoms with E-state index in [4.69, 9.17) is 14.7 Å². The molecule has 0 spiro atoms. The third kappa shape index (κ3) is 6.96. The van der Waals surface area contributed by atoms with Gasteiger partial charge < -0.3 is 14.8 Å². The summed E-state index contributed by atoms with van der Waals surface area (Å²) in [6.45, 7) is -0.264. The van der Waals surface area contributed by atoms with Crippen LogP contribution in [-0.2, 0) is 10.3 Å². The summed E-state index contributed by atoms with van der Waals surface area (Å²) in [5.41, 5.74) is -1.99.